The van der Waals surface area contributed by atoms with Gasteiger partial charge in [0.1, 0.15) is 17.3 Å². The molecule has 1 amide bonds. The molecule has 7 nitrogen and oxygen atoms in total. The number of carbonyl (C=O) groups excluding carboxylic acids is 1. The second kappa shape index (κ2) is 10.4. The zero-order valence-corrected chi connectivity index (χ0v) is 25.2. The van der Waals surface area contributed by atoms with Crippen LogP contribution in [0.1, 0.15) is 82.8 Å². The number of rotatable bonds is 5. The number of hydrogen-bond acceptors (Lipinski definition) is 5. The Morgan fingerprint density at radius 1 is 1.08 bits per heavy atom. The fourth-order valence-corrected chi connectivity index (χ4v) is 6.18. The molecule has 1 fully saturated rings. The van der Waals surface area contributed by atoms with Crippen molar-refractivity contribution < 1.29 is 9.53 Å². The smallest absolute Gasteiger partial charge is 0.328 e. The Hall–Kier alpha value is -2.87. The van der Waals surface area contributed by atoms with Gasteiger partial charge in [0.2, 0.25) is 5.91 Å². The summed E-state index contributed by atoms with van der Waals surface area (Å²) < 4.78 is 9.00. The standard InChI is InChI=1S/C30H42N4O3S/c1-19-16-32(8)28(36)34(19)17-25(35)33-12-10-20(11-13-33)24-18-38-27(31-24)21-14-22(29(2,3)4)26(37-9)23(15-21)30(5,6)7/h14-16,18,20H,10-13,17H2,1-9H3. The molecule has 206 valence electrons. The summed E-state index contributed by atoms with van der Waals surface area (Å²) in [6.07, 6.45) is 3.51. The third-order valence-corrected chi connectivity index (χ3v) is 8.49. The van der Waals surface area contributed by atoms with Gasteiger partial charge >= 0.3 is 5.69 Å². The van der Waals surface area contributed by atoms with Crippen molar-refractivity contribution >= 4 is 17.2 Å². The lowest BCUT2D eigenvalue weighted by Gasteiger charge is -2.31. The molecular weight excluding hydrogens is 496 g/mol. The molecule has 0 radical (unpaired) electrons. The summed E-state index contributed by atoms with van der Waals surface area (Å²) in [5.74, 6) is 1.30. The minimum Gasteiger partial charge on any atom is -0.496 e. The van der Waals surface area contributed by atoms with Crippen molar-refractivity contribution in [2.75, 3.05) is 20.2 Å². The molecule has 0 aliphatic carbocycles. The summed E-state index contributed by atoms with van der Waals surface area (Å²) in [5, 5.41) is 3.21. The van der Waals surface area contributed by atoms with Gasteiger partial charge in [0.15, 0.2) is 0 Å². The van der Waals surface area contributed by atoms with E-state index >= 15 is 0 Å². The maximum absolute atomic E-state index is 12.9. The van der Waals surface area contributed by atoms with E-state index in [0.29, 0.717) is 19.0 Å². The number of aromatic nitrogens is 3. The number of thiazole rings is 1. The number of carbonyl (C=O) groups is 1. The molecular formula is C30H42N4O3S. The monoisotopic (exact) mass is 538 g/mol. The van der Waals surface area contributed by atoms with Crippen LogP contribution in [0.25, 0.3) is 10.6 Å². The highest BCUT2D eigenvalue weighted by atomic mass is 32.1. The molecule has 1 saturated heterocycles. The lowest BCUT2D eigenvalue weighted by Crippen LogP contribution is -2.41. The van der Waals surface area contributed by atoms with E-state index in [-0.39, 0.29) is 29.0 Å². The first-order chi connectivity index (χ1) is 17.7. The van der Waals surface area contributed by atoms with Crippen LogP contribution in [0.5, 0.6) is 5.75 Å². The number of amides is 1. The van der Waals surface area contributed by atoms with Gasteiger partial charge in [0, 0.05) is 60.0 Å². The third kappa shape index (κ3) is 5.60. The molecule has 0 spiro atoms. The first kappa shape index (κ1) is 28.1. The molecule has 0 unspecified atom stereocenters. The van der Waals surface area contributed by atoms with Gasteiger partial charge in [-0.3, -0.25) is 9.36 Å². The topological polar surface area (TPSA) is 69.4 Å². The van der Waals surface area contributed by atoms with Crippen LogP contribution < -0.4 is 10.4 Å². The molecule has 4 rings (SSSR count). The van der Waals surface area contributed by atoms with E-state index in [1.165, 1.54) is 15.7 Å². The van der Waals surface area contributed by atoms with Crippen molar-refractivity contribution in [2.45, 2.75) is 84.6 Å². The normalized spacial score (nSPS) is 15.2. The second-order valence-corrected chi connectivity index (χ2v) is 13.4. The van der Waals surface area contributed by atoms with Crippen LogP contribution in [0.2, 0.25) is 0 Å². The predicted molar refractivity (Wildman–Crippen MR) is 154 cm³/mol. The van der Waals surface area contributed by atoms with E-state index in [1.807, 2.05) is 11.8 Å². The van der Waals surface area contributed by atoms with Gasteiger partial charge in [0.05, 0.1) is 12.8 Å². The molecule has 38 heavy (non-hydrogen) atoms. The van der Waals surface area contributed by atoms with Gasteiger partial charge in [-0.05, 0) is 42.7 Å². The largest absolute Gasteiger partial charge is 0.496 e. The number of likely N-dealkylation sites (tertiary alicyclic amines) is 1. The Balaban J connectivity index is 1.51. The number of methoxy groups -OCH3 is 1. The molecule has 0 bridgehead atoms. The molecule has 1 aliphatic rings. The predicted octanol–water partition coefficient (Wildman–Crippen LogP) is 5.63. The Labute approximate surface area is 230 Å². The fourth-order valence-electron chi connectivity index (χ4n) is 5.29. The average molecular weight is 539 g/mol. The molecule has 8 heteroatoms. The Bertz CT molecular complexity index is 1340. The fraction of sp³-hybridized carbons (Fsp3) is 0.567. The lowest BCUT2D eigenvalue weighted by molar-refractivity contribution is -0.133. The minimum atomic E-state index is -0.150. The average Bonchev–Trinajstić information content (AvgIpc) is 3.43. The quantitative estimate of drug-likeness (QED) is 0.422. The van der Waals surface area contributed by atoms with Gasteiger partial charge < -0.3 is 14.2 Å². The van der Waals surface area contributed by atoms with Gasteiger partial charge in [-0.1, -0.05) is 41.5 Å². The van der Waals surface area contributed by atoms with Crippen LogP contribution in [0.4, 0.5) is 0 Å². The van der Waals surface area contributed by atoms with Gasteiger partial charge in [-0.2, -0.15) is 0 Å². The first-order valence-electron chi connectivity index (χ1n) is 13.4. The Kier molecular flexibility index (Phi) is 7.67. The summed E-state index contributed by atoms with van der Waals surface area (Å²) in [5.41, 5.74) is 5.15. The number of benzene rings is 1. The molecule has 1 aliphatic heterocycles. The second-order valence-electron chi connectivity index (χ2n) is 12.6. The van der Waals surface area contributed by atoms with Crippen LogP contribution in [0.3, 0.4) is 0 Å². The highest BCUT2D eigenvalue weighted by Gasteiger charge is 2.30. The van der Waals surface area contributed by atoms with Crippen molar-refractivity contribution in [2.24, 2.45) is 7.05 Å². The van der Waals surface area contributed by atoms with E-state index < -0.39 is 0 Å². The SMILES string of the molecule is COc1c(C(C)(C)C)cc(-c2nc(C3CCN(C(=O)Cn4c(C)cn(C)c4=O)CC3)cs2)cc1C(C)(C)C. The van der Waals surface area contributed by atoms with E-state index in [2.05, 4.69) is 59.1 Å². The molecule has 1 aromatic carbocycles. The van der Waals surface area contributed by atoms with Crippen LogP contribution in [-0.2, 0) is 29.2 Å². The Morgan fingerprint density at radius 2 is 1.66 bits per heavy atom. The van der Waals surface area contributed by atoms with Crippen LogP contribution >= 0.6 is 11.3 Å². The van der Waals surface area contributed by atoms with E-state index in [4.69, 9.17) is 9.72 Å². The van der Waals surface area contributed by atoms with E-state index in [9.17, 15) is 9.59 Å². The number of piperidine rings is 1. The molecule has 0 N–H and O–H groups in total. The lowest BCUT2D eigenvalue weighted by atomic mass is 9.78. The zero-order chi connectivity index (χ0) is 28.0. The van der Waals surface area contributed by atoms with E-state index in [1.54, 1.807) is 36.3 Å². The number of nitrogens with zero attached hydrogens (tertiary/aromatic N) is 4. The maximum atomic E-state index is 12.9. The number of hydrogen-bond donors (Lipinski definition) is 0. The van der Waals surface area contributed by atoms with Crippen molar-refractivity contribution in [3.63, 3.8) is 0 Å². The summed E-state index contributed by atoms with van der Waals surface area (Å²) in [6.45, 7) is 16.6. The summed E-state index contributed by atoms with van der Waals surface area (Å²) in [4.78, 5) is 32.2. The molecule has 0 saturated carbocycles. The third-order valence-electron chi connectivity index (χ3n) is 7.58. The Morgan fingerprint density at radius 3 is 2.13 bits per heavy atom. The van der Waals surface area contributed by atoms with E-state index in [0.717, 1.165) is 40.6 Å². The summed E-state index contributed by atoms with van der Waals surface area (Å²) in [6, 6.07) is 4.48. The van der Waals surface area contributed by atoms with Crippen LogP contribution in [-0.4, -0.2) is 45.1 Å². The van der Waals surface area contributed by atoms with Crippen molar-refractivity contribution in [3.8, 4) is 16.3 Å². The minimum absolute atomic E-state index is 0.00136. The highest BCUT2D eigenvalue weighted by Crippen LogP contribution is 2.43. The molecule has 3 heterocycles. The van der Waals surface area contributed by atoms with Crippen LogP contribution in [0.15, 0.2) is 28.5 Å². The number of imidazole rings is 1. The van der Waals surface area contributed by atoms with Crippen molar-refractivity contribution in [3.05, 3.63) is 56.7 Å². The molecule has 0 atom stereocenters. The molecule has 3 aromatic rings. The van der Waals surface area contributed by atoms with Gasteiger partial charge in [-0.25, -0.2) is 9.78 Å². The zero-order valence-electron chi connectivity index (χ0n) is 24.3. The number of aryl methyl sites for hydroxylation is 2. The van der Waals surface area contributed by atoms with Crippen molar-refractivity contribution in [1.29, 1.82) is 0 Å². The summed E-state index contributed by atoms with van der Waals surface area (Å²) >= 11 is 1.69. The van der Waals surface area contributed by atoms with Gasteiger partial charge in [-0.15, -0.1) is 11.3 Å². The summed E-state index contributed by atoms with van der Waals surface area (Å²) in [7, 11) is 3.47. The van der Waals surface area contributed by atoms with Crippen LogP contribution in [0, 0.1) is 6.92 Å². The maximum Gasteiger partial charge on any atom is 0.328 e. The number of ether oxygens (including phenoxy) is 1. The molecule has 2 aromatic heterocycles. The van der Waals surface area contributed by atoms with Gasteiger partial charge in [0.25, 0.3) is 0 Å². The first-order valence-corrected chi connectivity index (χ1v) is 14.3. The highest BCUT2D eigenvalue weighted by molar-refractivity contribution is 7.13. The van der Waals surface area contributed by atoms with Crippen molar-refractivity contribution in [1.82, 2.24) is 19.0 Å².